The summed E-state index contributed by atoms with van der Waals surface area (Å²) in [6, 6.07) is 5.28. The third-order valence-electron chi connectivity index (χ3n) is 3.49. The Kier molecular flexibility index (Phi) is 4.42. The Morgan fingerprint density at radius 3 is 2.17 bits per heavy atom. The molecule has 0 spiro atoms. The molecule has 1 atom stereocenters. The minimum Gasteiger partial charge on any atom is -0.497 e. The molecule has 0 bridgehead atoms. The molecule has 100 valence electrons. The topological polar surface area (TPSA) is 30.5 Å². The van der Waals surface area contributed by atoms with Crippen LogP contribution in [0, 0.1) is 5.92 Å². The molecule has 1 N–H and O–H groups in total. The zero-order chi connectivity index (χ0) is 13.0. The van der Waals surface area contributed by atoms with Gasteiger partial charge in [0.1, 0.15) is 17.7 Å². The van der Waals surface area contributed by atoms with Crippen molar-refractivity contribution in [3.63, 3.8) is 0 Å². The first kappa shape index (κ1) is 13.1. The summed E-state index contributed by atoms with van der Waals surface area (Å²) < 4.78 is 24.9. The standard InChI is InChI=1S/C14H20FNO2/c1-17-12-7-11(8-13(9-12)18-2)14(15)10-3-5-16-6-4-10/h7-10,14,16H,3-6H2,1-2H3. The summed E-state index contributed by atoms with van der Waals surface area (Å²) in [5.41, 5.74) is 0.651. The summed E-state index contributed by atoms with van der Waals surface area (Å²) >= 11 is 0. The molecule has 0 aliphatic carbocycles. The molecule has 0 saturated carbocycles. The predicted octanol–water partition coefficient (Wildman–Crippen LogP) is 2.71. The van der Waals surface area contributed by atoms with Crippen LogP contribution in [-0.2, 0) is 0 Å². The number of rotatable bonds is 4. The van der Waals surface area contributed by atoms with E-state index < -0.39 is 6.17 Å². The number of nitrogens with one attached hydrogen (secondary N) is 1. The fourth-order valence-electron chi connectivity index (χ4n) is 2.40. The predicted molar refractivity (Wildman–Crippen MR) is 69.0 cm³/mol. The van der Waals surface area contributed by atoms with Crippen LogP contribution in [0.15, 0.2) is 18.2 Å². The summed E-state index contributed by atoms with van der Waals surface area (Å²) in [5, 5.41) is 3.25. The van der Waals surface area contributed by atoms with Crippen LogP contribution >= 0.6 is 0 Å². The highest BCUT2D eigenvalue weighted by Crippen LogP contribution is 2.35. The zero-order valence-electron chi connectivity index (χ0n) is 10.9. The quantitative estimate of drug-likeness (QED) is 0.895. The second-order valence-corrected chi connectivity index (χ2v) is 4.64. The Bertz CT molecular complexity index is 369. The van der Waals surface area contributed by atoms with Crippen molar-refractivity contribution in [2.24, 2.45) is 5.92 Å². The number of halogens is 1. The van der Waals surface area contributed by atoms with Gasteiger partial charge in [-0.1, -0.05) is 0 Å². The van der Waals surface area contributed by atoms with Crippen LogP contribution in [0.5, 0.6) is 11.5 Å². The minimum absolute atomic E-state index is 0.0862. The molecule has 0 amide bonds. The number of hydrogen-bond acceptors (Lipinski definition) is 3. The zero-order valence-corrected chi connectivity index (χ0v) is 10.9. The Balaban J connectivity index is 2.19. The number of alkyl halides is 1. The number of ether oxygens (including phenoxy) is 2. The Labute approximate surface area is 107 Å². The average Bonchev–Trinajstić information content (AvgIpc) is 2.46. The first-order valence-corrected chi connectivity index (χ1v) is 6.32. The van der Waals surface area contributed by atoms with Crippen LogP contribution < -0.4 is 14.8 Å². The Morgan fingerprint density at radius 2 is 1.67 bits per heavy atom. The van der Waals surface area contributed by atoms with Crippen molar-refractivity contribution in [1.29, 1.82) is 0 Å². The maximum Gasteiger partial charge on any atom is 0.128 e. The van der Waals surface area contributed by atoms with Crippen LogP contribution in [0.4, 0.5) is 4.39 Å². The first-order valence-electron chi connectivity index (χ1n) is 6.32. The van der Waals surface area contributed by atoms with E-state index in [2.05, 4.69) is 5.32 Å². The fraction of sp³-hybridized carbons (Fsp3) is 0.571. The van der Waals surface area contributed by atoms with E-state index in [-0.39, 0.29) is 5.92 Å². The van der Waals surface area contributed by atoms with E-state index in [4.69, 9.17) is 9.47 Å². The van der Waals surface area contributed by atoms with E-state index in [1.54, 1.807) is 32.4 Å². The normalized spacial score (nSPS) is 18.4. The van der Waals surface area contributed by atoms with Gasteiger partial charge < -0.3 is 14.8 Å². The lowest BCUT2D eigenvalue weighted by Gasteiger charge is -2.26. The molecule has 3 nitrogen and oxygen atoms in total. The van der Waals surface area contributed by atoms with Gasteiger partial charge in [0.25, 0.3) is 0 Å². The van der Waals surface area contributed by atoms with Crippen LogP contribution in [-0.4, -0.2) is 27.3 Å². The average molecular weight is 253 g/mol. The van der Waals surface area contributed by atoms with Crippen LogP contribution in [0.3, 0.4) is 0 Å². The molecule has 18 heavy (non-hydrogen) atoms. The lowest BCUT2D eigenvalue weighted by molar-refractivity contribution is 0.189. The van der Waals surface area contributed by atoms with Crippen molar-refractivity contribution in [1.82, 2.24) is 5.32 Å². The van der Waals surface area contributed by atoms with Gasteiger partial charge in [-0.25, -0.2) is 4.39 Å². The molecular weight excluding hydrogens is 233 g/mol. The van der Waals surface area contributed by atoms with Gasteiger partial charge in [0, 0.05) is 6.07 Å². The maximum atomic E-state index is 14.5. The number of piperidine rings is 1. The fourth-order valence-corrected chi connectivity index (χ4v) is 2.40. The molecule has 1 aliphatic heterocycles. The van der Waals surface area contributed by atoms with E-state index in [1.165, 1.54) is 0 Å². The molecule has 1 saturated heterocycles. The van der Waals surface area contributed by atoms with Crippen molar-refractivity contribution in [2.75, 3.05) is 27.3 Å². The van der Waals surface area contributed by atoms with Gasteiger partial charge in [0.2, 0.25) is 0 Å². The summed E-state index contributed by atoms with van der Waals surface area (Å²) in [7, 11) is 3.16. The maximum absolute atomic E-state index is 14.5. The third-order valence-corrected chi connectivity index (χ3v) is 3.49. The van der Waals surface area contributed by atoms with E-state index in [9.17, 15) is 4.39 Å². The van der Waals surface area contributed by atoms with Crippen molar-refractivity contribution >= 4 is 0 Å². The smallest absolute Gasteiger partial charge is 0.128 e. The van der Waals surface area contributed by atoms with Gasteiger partial charge >= 0.3 is 0 Å². The lowest BCUT2D eigenvalue weighted by Crippen LogP contribution is -2.29. The summed E-state index contributed by atoms with van der Waals surface area (Å²) in [4.78, 5) is 0. The number of benzene rings is 1. The first-order chi connectivity index (χ1) is 8.74. The number of hydrogen-bond donors (Lipinski definition) is 1. The molecule has 1 unspecified atom stereocenters. The van der Waals surface area contributed by atoms with Crippen LogP contribution in [0.25, 0.3) is 0 Å². The molecule has 1 aromatic rings. The van der Waals surface area contributed by atoms with Crippen LogP contribution in [0.2, 0.25) is 0 Å². The molecular formula is C14H20FNO2. The molecule has 1 fully saturated rings. The third kappa shape index (κ3) is 2.93. The Morgan fingerprint density at radius 1 is 1.11 bits per heavy atom. The van der Waals surface area contributed by atoms with Gasteiger partial charge in [0.15, 0.2) is 0 Å². The van der Waals surface area contributed by atoms with E-state index in [0.29, 0.717) is 17.1 Å². The second-order valence-electron chi connectivity index (χ2n) is 4.64. The summed E-state index contributed by atoms with van der Waals surface area (Å²) in [6.07, 6.45) is 0.803. The van der Waals surface area contributed by atoms with Crippen molar-refractivity contribution < 1.29 is 13.9 Å². The highest BCUT2D eigenvalue weighted by molar-refractivity contribution is 5.39. The van der Waals surface area contributed by atoms with Crippen LogP contribution in [0.1, 0.15) is 24.6 Å². The Hall–Kier alpha value is -1.29. The molecule has 1 aliphatic rings. The minimum atomic E-state index is -0.948. The molecule has 0 radical (unpaired) electrons. The highest BCUT2D eigenvalue weighted by Gasteiger charge is 2.25. The van der Waals surface area contributed by atoms with Crippen molar-refractivity contribution in [3.05, 3.63) is 23.8 Å². The van der Waals surface area contributed by atoms with Gasteiger partial charge in [-0.2, -0.15) is 0 Å². The monoisotopic (exact) mass is 253 g/mol. The summed E-state index contributed by atoms with van der Waals surface area (Å²) in [6.45, 7) is 1.79. The second kappa shape index (κ2) is 6.05. The largest absolute Gasteiger partial charge is 0.497 e. The highest BCUT2D eigenvalue weighted by atomic mass is 19.1. The van der Waals surface area contributed by atoms with Gasteiger partial charge in [-0.3, -0.25) is 0 Å². The van der Waals surface area contributed by atoms with E-state index >= 15 is 0 Å². The van der Waals surface area contributed by atoms with Gasteiger partial charge in [0.05, 0.1) is 14.2 Å². The molecule has 1 aromatic carbocycles. The molecule has 4 heteroatoms. The summed E-state index contributed by atoms with van der Waals surface area (Å²) in [5.74, 6) is 1.37. The van der Waals surface area contributed by atoms with Crippen molar-refractivity contribution in [3.8, 4) is 11.5 Å². The van der Waals surface area contributed by atoms with Gasteiger partial charge in [-0.15, -0.1) is 0 Å². The number of methoxy groups -OCH3 is 2. The molecule has 1 heterocycles. The van der Waals surface area contributed by atoms with E-state index in [0.717, 1.165) is 25.9 Å². The molecule has 0 aromatic heterocycles. The van der Waals surface area contributed by atoms with Gasteiger partial charge in [-0.05, 0) is 49.5 Å². The van der Waals surface area contributed by atoms with E-state index in [1.807, 2.05) is 0 Å². The molecule has 2 rings (SSSR count). The lowest BCUT2D eigenvalue weighted by atomic mass is 9.89. The SMILES string of the molecule is COc1cc(OC)cc(C(F)C2CCNCC2)c1. The van der Waals surface area contributed by atoms with Crippen molar-refractivity contribution in [2.45, 2.75) is 19.0 Å².